The highest BCUT2D eigenvalue weighted by atomic mass is 32.1. The van der Waals surface area contributed by atoms with Crippen LogP contribution in [0.3, 0.4) is 0 Å². The Morgan fingerprint density at radius 2 is 2.21 bits per heavy atom. The summed E-state index contributed by atoms with van der Waals surface area (Å²) in [6, 6.07) is 1.32. The summed E-state index contributed by atoms with van der Waals surface area (Å²) in [7, 11) is 0. The molecule has 0 aromatic carbocycles. The van der Waals surface area contributed by atoms with Gasteiger partial charge in [0.2, 0.25) is 0 Å². The number of rotatable bonds is 4. The number of nitrogens with one attached hydrogen (secondary N) is 1. The van der Waals surface area contributed by atoms with Crippen LogP contribution in [-0.4, -0.2) is 36.5 Å². The first-order valence-electron chi connectivity index (χ1n) is 4.99. The van der Waals surface area contributed by atoms with E-state index in [0.717, 1.165) is 11.3 Å². The van der Waals surface area contributed by atoms with Crippen LogP contribution < -0.4 is 5.32 Å². The smallest absolute Gasteiger partial charge is 0.324 e. The lowest BCUT2D eigenvalue weighted by Gasteiger charge is -2.15. The zero-order chi connectivity index (χ0) is 14.5. The van der Waals surface area contributed by atoms with Crippen molar-refractivity contribution in [3.63, 3.8) is 0 Å². The zero-order valence-corrected chi connectivity index (χ0v) is 10.2. The van der Waals surface area contributed by atoms with Crippen LogP contribution in [0.5, 0.6) is 0 Å². The molecule has 19 heavy (non-hydrogen) atoms. The monoisotopic (exact) mass is 295 g/mol. The normalized spacial score (nSPS) is 11.1. The molecule has 2 N–H and O–H groups in total. The van der Waals surface area contributed by atoms with E-state index < -0.39 is 24.8 Å². The number of aliphatic hydroxyl groups excluding tert-OH is 1. The maximum atomic E-state index is 12.6. The molecule has 0 spiro atoms. The summed E-state index contributed by atoms with van der Waals surface area (Å²) in [6.45, 7) is -1.78. The van der Waals surface area contributed by atoms with E-state index in [4.69, 9.17) is 5.11 Å². The Kier molecular flexibility index (Phi) is 5.32. The van der Waals surface area contributed by atoms with Crippen LogP contribution in [-0.2, 0) is 0 Å². The fourth-order valence-electron chi connectivity index (χ4n) is 1.02. The summed E-state index contributed by atoms with van der Waals surface area (Å²) < 4.78 is 48.9. The van der Waals surface area contributed by atoms with Gasteiger partial charge in [-0.3, -0.25) is 4.79 Å². The van der Waals surface area contributed by atoms with Crippen molar-refractivity contribution >= 4 is 17.2 Å². The molecule has 0 atom stereocenters. The molecule has 0 saturated carbocycles. The molecule has 1 heterocycles. The quantitative estimate of drug-likeness (QED) is 0.656. The summed E-state index contributed by atoms with van der Waals surface area (Å²) >= 11 is 1.08. The summed E-state index contributed by atoms with van der Waals surface area (Å²) in [6.07, 6.45) is -3.83. The van der Waals surface area contributed by atoms with Gasteiger partial charge in [-0.25, -0.2) is 8.78 Å². The van der Waals surface area contributed by atoms with Crippen LogP contribution in [0.1, 0.15) is 15.2 Å². The molecular formula is C11H9F4NO2S. The standard InChI is InChI=1S/C11H9F4NO2S/c12-10(13)11(14,15)6-16-9(18)7-4-8(19-5-7)2-1-3-17/h4-5,10,17H,3,6H2,(H,16,18). The maximum Gasteiger partial charge on any atom is 0.324 e. The third kappa shape index (κ3) is 4.54. The number of halogens is 4. The molecule has 8 heteroatoms. The lowest BCUT2D eigenvalue weighted by Crippen LogP contribution is -2.41. The Balaban J connectivity index is 2.62. The van der Waals surface area contributed by atoms with Crippen molar-refractivity contribution in [2.45, 2.75) is 12.3 Å². The Bertz CT molecular complexity index is 504. The highest BCUT2D eigenvalue weighted by molar-refractivity contribution is 7.10. The number of hydrogen-bond donors (Lipinski definition) is 2. The van der Waals surface area contributed by atoms with Gasteiger partial charge >= 0.3 is 12.3 Å². The van der Waals surface area contributed by atoms with Crippen molar-refractivity contribution in [1.82, 2.24) is 5.32 Å². The Labute approximate surface area is 110 Å². The van der Waals surface area contributed by atoms with E-state index in [1.807, 2.05) is 0 Å². The van der Waals surface area contributed by atoms with Gasteiger partial charge in [-0.1, -0.05) is 11.8 Å². The second-order valence-corrected chi connectivity index (χ2v) is 4.32. The van der Waals surface area contributed by atoms with Crippen LogP contribution in [0.25, 0.3) is 0 Å². The molecule has 0 aliphatic heterocycles. The van der Waals surface area contributed by atoms with Crippen molar-refractivity contribution < 1.29 is 27.5 Å². The maximum absolute atomic E-state index is 12.6. The highest BCUT2D eigenvalue weighted by Gasteiger charge is 2.40. The molecule has 1 rings (SSSR count). The van der Waals surface area contributed by atoms with Crippen LogP contribution in [0.15, 0.2) is 11.4 Å². The minimum absolute atomic E-state index is 0.0531. The molecule has 1 aromatic rings. The number of alkyl halides is 4. The van der Waals surface area contributed by atoms with E-state index in [1.165, 1.54) is 11.4 Å². The fraction of sp³-hybridized carbons (Fsp3) is 0.364. The third-order valence-electron chi connectivity index (χ3n) is 1.96. The van der Waals surface area contributed by atoms with Crippen molar-refractivity contribution in [2.75, 3.05) is 13.2 Å². The molecule has 0 aliphatic rings. The average Bonchev–Trinajstić information content (AvgIpc) is 2.82. The van der Waals surface area contributed by atoms with Gasteiger partial charge in [-0.15, -0.1) is 11.3 Å². The lowest BCUT2D eigenvalue weighted by atomic mass is 10.2. The SMILES string of the molecule is O=C(NCC(F)(F)C(F)F)c1csc(C#CCO)c1. The number of carbonyl (C=O) groups excluding carboxylic acids is 1. The van der Waals surface area contributed by atoms with E-state index >= 15 is 0 Å². The van der Waals surface area contributed by atoms with E-state index in [-0.39, 0.29) is 12.2 Å². The first kappa shape index (κ1) is 15.5. The second kappa shape index (κ2) is 6.54. The zero-order valence-electron chi connectivity index (χ0n) is 9.42. The molecule has 0 aliphatic carbocycles. The number of amides is 1. The second-order valence-electron chi connectivity index (χ2n) is 3.40. The number of aliphatic hydroxyl groups is 1. The number of hydrogen-bond acceptors (Lipinski definition) is 3. The van der Waals surface area contributed by atoms with Crippen LogP contribution in [0, 0.1) is 11.8 Å². The largest absolute Gasteiger partial charge is 0.384 e. The molecule has 0 unspecified atom stereocenters. The van der Waals surface area contributed by atoms with Crippen LogP contribution in [0.2, 0.25) is 0 Å². The summed E-state index contributed by atoms with van der Waals surface area (Å²) in [5.41, 5.74) is 0.0531. The molecule has 104 valence electrons. The number of thiophene rings is 1. The van der Waals surface area contributed by atoms with E-state index in [1.54, 1.807) is 5.32 Å². The van der Waals surface area contributed by atoms with Crippen molar-refractivity contribution in [2.24, 2.45) is 0 Å². The van der Waals surface area contributed by atoms with Crippen molar-refractivity contribution in [1.29, 1.82) is 0 Å². The predicted molar refractivity (Wildman–Crippen MR) is 61.6 cm³/mol. The lowest BCUT2D eigenvalue weighted by molar-refractivity contribution is -0.123. The Morgan fingerprint density at radius 1 is 1.53 bits per heavy atom. The molecule has 0 saturated heterocycles. The van der Waals surface area contributed by atoms with Crippen molar-refractivity contribution in [3.05, 3.63) is 21.9 Å². The van der Waals surface area contributed by atoms with E-state index in [9.17, 15) is 22.4 Å². The minimum Gasteiger partial charge on any atom is -0.384 e. The van der Waals surface area contributed by atoms with Gasteiger partial charge in [0.15, 0.2) is 0 Å². The molecular weight excluding hydrogens is 286 g/mol. The first-order valence-corrected chi connectivity index (χ1v) is 5.87. The number of carbonyl (C=O) groups is 1. The third-order valence-corrected chi connectivity index (χ3v) is 2.80. The fourth-order valence-corrected chi connectivity index (χ4v) is 1.78. The molecule has 0 fully saturated rings. The minimum atomic E-state index is -4.26. The van der Waals surface area contributed by atoms with Crippen LogP contribution in [0.4, 0.5) is 17.6 Å². The van der Waals surface area contributed by atoms with Gasteiger partial charge in [0.05, 0.1) is 17.0 Å². The summed E-state index contributed by atoms with van der Waals surface area (Å²) in [5, 5.41) is 11.6. The molecule has 3 nitrogen and oxygen atoms in total. The van der Waals surface area contributed by atoms with Crippen molar-refractivity contribution in [3.8, 4) is 11.8 Å². The van der Waals surface area contributed by atoms with Gasteiger partial charge in [0.25, 0.3) is 5.91 Å². The molecule has 0 bridgehead atoms. The van der Waals surface area contributed by atoms with Crippen LogP contribution >= 0.6 is 11.3 Å². The molecule has 1 aromatic heterocycles. The average molecular weight is 295 g/mol. The van der Waals surface area contributed by atoms with E-state index in [2.05, 4.69) is 11.8 Å². The molecule has 1 amide bonds. The van der Waals surface area contributed by atoms with E-state index in [0.29, 0.717) is 4.88 Å². The van der Waals surface area contributed by atoms with Gasteiger partial charge in [0.1, 0.15) is 6.61 Å². The van der Waals surface area contributed by atoms with Gasteiger partial charge < -0.3 is 10.4 Å². The molecule has 0 radical (unpaired) electrons. The topological polar surface area (TPSA) is 49.3 Å². The summed E-state index contributed by atoms with van der Waals surface area (Å²) in [5.74, 6) is -0.256. The Morgan fingerprint density at radius 3 is 2.79 bits per heavy atom. The van der Waals surface area contributed by atoms with Gasteiger partial charge in [-0.2, -0.15) is 8.78 Å². The first-order chi connectivity index (χ1) is 8.86. The highest BCUT2D eigenvalue weighted by Crippen LogP contribution is 2.21. The Hall–Kier alpha value is -1.59. The summed E-state index contributed by atoms with van der Waals surface area (Å²) in [4.78, 5) is 11.9. The van der Waals surface area contributed by atoms with Gasteiger partial charge in [-0.05, 0) is 6.07 Å². The van der Waals surface area contributed by atoms with Gasteiger partial charge in [0, 0.05) is 5.38 Å². The predicted octanol–water partition coefficient (Wildman–Crippen LogP) is 1.72.